The molecule has 0 saturated carbocycles. The highest BCUT2D eigenvalue weighted by Crippen LogP contribution is 2.56. The zero-order chi connectivity index (χ0) is 60.1. The lowest BCUT2D eigenvalue weighted by Gasteiger charge is -2.25. The van der Waals surface area contributed by atoms with Gasteiger partial charge in [0.25, 0.3) is 23.6 Å². The summed E-state index contributed by atoms with van der Waals surface area (Å²) in [7, 11) is 0. The Balaban J connectivity index is 1.09. The number of carbonyl (C=O) groups excluding carboxylic acids is 7. The summed E-state index contributed by atoms with van der Waals surface area (Å²) >= 11 is 70.9. The molecule has 418 valence electrons. The smallest absolute Gasteiger partial charge is 0.267 e. The van der Waals surface area contributed by atoms with Crippen molar-refractivity contribution in [3.8, 4) is 0 Å². The number of fused-ring (bicyclic) bond motifs is 6. The quantitative estimate of drug-likeness (QED) is 0.0731. The van der Waals surface area contributed by atoms with Gasteiger partial charge in [0.15, 0.2) is 17.3 Å². The second-order valence-corrected chi connectivity index (χ2v) is 32.1. The maximum Gasteiger partial charge on any atom is 0.267 e. The highest BCUT2D eigenvalue weighted by atomic mass is 79.9. The molecule has 0 radical (unpaired) electrons. The van der Waals surface area contributed by atoms with Gasteiger partial charge in [0.1, 0.15) is 5.92 Å². The molecule has 0 saturated heterocycles. The number of aromatic nitrogens is 2. The van der Waals surface area contributed by atoms with E-state index < -0.39 is 58.9 Å². The maximum atomic E-state index is 15.2. The van der Waals surface area contributed by atoms with Crippen LogP contribution in [-0.2, 0) is 6.42 Å². The molecule has 83 heavy (non-hydrogen) atoms. The summed E-state index contributed by atoms with van der Waals surface area (Å²) < 4.78 is 6.34. The van der Waals surface area contributed by atoms with Gasteiger partial charge >= 0.3 is 0 Å². The Kier molecular flexibility index (Phi) is 17.3. The first kappa shape index (κ1) is 62.8. The van der Waals surface area contributed by atoms with Crippen LogP contribution in [0.5, 0.6) is 0 Å². The molecule has 8 aromatic rings. The fourth-order valence-corrected chi connectivity index (χ4v) is 21.3. The minimum Gasteiger partial charge on any atom is -0.387 e. The first-order valence-electron chi connectivity index (χ1n) is 22.8. The molecule has 4 aliphatic rings. The van der Waals surface area contributed by atoms with Crippen LogP contribution in [0.1, 0.15) is 119 Å². The molecule has 2 unspecified atom stereocenters. The van der Waals surface area contributed by atoms with Gasteiger partial charge in [0.05, 0.1) is 78.1 Å². The van der Waals surface area contributed by atoms with Crippen LogP contribution in [0.3, 0.4) is 0 Å². The number of hydrogen-bond donors (Lipinski definition) is 1. The second-order valence-electron chi connectivity index (χ2n) is 18.6. The molecule has 6 aromatic carbocycles. The molecule has 2 atom stereocenters. The topological polar surface area (TPSA) is 172 Å². The number of pyridine rings is 2. The number of halogens is 18. The van der Waals surface area contributed by atoms with Gasteiger partial charge in [-0.15, -0.1) is 0 Å². The van der Waals surface area contributed by atoms with Gasteiger partial charge in [-0.05, 0) is 302 Å². The molecule has 4 amide bonds. The number of carbonyl (C=O) groups is 7. The van der Waals surface area contributed by atoms with E-state index in [1.807, 2.05) is 0 Å². The van der Waals surface area contributed by atoms with E-state index in [2.05, 4.69) is 255 Å². The molecule has 2 aliphatic heterocycles. The Morgan fingerprint density at radius 1 is 0.398 bits per heavy atom. The normalized spacial score (nSPS) is 16.7. The Morgan fingerprint density at radius 2 is 0.711 bits per heavy atom. The average Bonchev–Trinajstić information content (AvgIpc) is 2.28. The fourth-order valence-electron chi connectivity index (χ4n) is 10.8. The van der Waals surface area contributed by atoms with Gasteiger partial charge < -0.3 is 5.11 Å². The summed E-state index contributed by atoms with van der Waals surface area (Å²) in [5, 5.41) is 12.2. The Labute approximate surface area is 610 Å². The van der Waals surface area contributed by atoms with E-state index >= 15 is 19.2 Å². The predicted octanol–water partition coefficient (Wildman–Crippen LogP) is 21.7. The lowest BCUT2D eigenvalue weighted by Crippen LogP contribution is -2.32. The number of aliphatic hydroxyl groups is 1. The van der Waals surface area contributed by atoms with Crippen LogP contribution in [0.25, 0.3) is 21.8 Å². The number of aliphatic hydroxyl groups excluding tert-OH is 1. The third-order valence-corrected chi connectivity index (χ3v) is 34.1. The summed E-state index contributed by atoms with van der Waals surface area (Å²) in [4.78, 5) is 116. The number of imide groups is 2. The maximum absolute atomic E-state index is 15.2. The average molecular weight is 2180 g/mol. The van der Waals surface area contributed by atoms with Crippen molar-refractivity contribution in [2.24, 2.45) is 0 Å². The predicted molar refractivity (Wildman–Crippen MR) is 371 cm³/mol. The third kappa shape index (κ3) is 9.17. The van der Waals surface area contributed by atoms with Crippen molar-refractivity contribution in [2.75, 3.05) is 9.80 Å². The molecular formula is C53H12Br16Cl2N4O8. The highest BCUT2D eigenvalue weighted by Gasteiger charge is 2.49. The summed E-state index contributed by atoms with van der Waals surface area (Å²) in [5.41, 5.74) is 1.24. The van der Waals surface area contributed by atoms with Gasteiger partial charge in [-0.2, -0.15) is 0 Å². The van der Waals surface area contributed by atoms with Crippen LogP contribution in [0.4, 0.5) is 11.4 Å². The standard InChI is InChI=1S/C53H12Br16Cl2N4O8/c54-26-18-19(27(55)35(63)34(26)62)47(77)16(46(18)76)14-3-1-10-42(72-14)12(70)6-8(44(10)74-50(80)22-23(51(74)81)31(59)39(67)38(66)30(22)58)5-9-7-13(71)43-11(45(9)75-52(82)24-25(53(75)83)33(61)41(69)40(68)32(24)60)2-4-15(73-43)17-48(78)20-21(49(17)79)29(57)37(65)36(64)28(20)56/h1-4,6-7,16-17,46,76H,5H2. The first-order chi connectivity index (χ1) is 39.1. The summed E-state index contributed by atoms with van der Waals surface area (Å²) in [6.45, 7) is 0. The van der Waals surface area contributed by atoms with Crippen molar-refractivity contribution in [3.05, 3.63) is 185 Å². The van der Waals surface area contributed by atoms with Crippen molar-refractivity contribution in [1.82, 2.24) is 9.97 Å². The summed E-state index contributed by atoms with van der Waals surface area (Å²) in [5.74, 6) is -7.30. The van der Waals surface area contributed by atoms with Crippen molar-refractivity contribution in [1.29, 1.82) is 0 Å². The Morgan fingerprint density at radius 3 is 1.08 bits per heavy atom. The molecule has 2 aliphatic carbocycles. The number of amides is 4. The van der Waals surface area contributed by atoms with Crippen molar-refractivity contribution in [2.45, 2.75) is 24.4 Å². The molecule has 1 N–H and O–H groups in total. The largest absolute Gasteiger partial charge is 0.387 e. The van der Waals surface area contributed by atoms with Crippen LogP contribution >= 0.6 is 278 Å². The molecule has 0 spiro atoms. The zero-order valence-corrected chi connectivity index (χ0v) is 66.2. The van der Waals surface area contributed by atoms with E-state index in [4.69, 9.17) is 33.2 Å². The van der Waals surface area contributed by atoms with Crippen LogP contribution in [0.15, 0.2) is 108 Å². The van der Waals surface area contributed by atoms with Gasteiger partial charge in [-0.1, -0.05) is 23.2 Å². The molecule has 0 bridgehead atoms. The number of nitrogens with zero attached hydrogens (tertiary/aromatic N) is 4. The SMILES string of the molecule is O=C1c2c(Br)c(Br)c(Br)c(Br)c2C(=O)C1c1ccc2c(N3C(=O)c4c(Br)c(Br)c(Br)c(Br)c4C3=O)c(Cc3cc(Cl)c4nc(C5C(=O)c6c(Br)c(Br)c(Br)c(Br)c6C5O)ccc4c3N3C(=O)c4c(Br)c(Br)c(Br)c(Br)c4C3=O)cc(Cl)c2n1. The number of hydrogen-bond acceptors (Lipinski definition) is 10. The monoisotopic (exact) mass is 2160 g/mol. The fraction of sp³-hybridized carbons (Fsp3) is 0.0755. The number of Topliss-reactive ketones (excluding diaryl/α,β-unsaturated/α-hetero) is 3. The van der Waals surface area contributed by atoms with E-state index in [1.165, 1.54) is 30.3 Å². The van der Waals surface area contributed by atoms with Crippen molar-refractivity contribution < 1.29 is 38.7 Å². The lowest BCUT2D eigenvalue weighted by molar-refractivity contribution is 0.0860. The van der Waals surface area contributed by atoms with E-state index in [1.54, 1.807) is 6.07 Å². The number of ketones is 3. The molecule has 30 heteroatoms. The number of rotatable bonds is 6. The van der Waals surface area contributed by atoms with E-state index in [-0.39, 0.29) is 129 Å². The van der Waals surface area contributed by atoms with Gasteiger partial charge in [-0.25, -0.2) is 14.8 Å². The Bertz CT molecular complexity index is 4500. The molecule has 12 nitrogen and oxygen atoms in total. The molecule has 4 heterocycles. The molecular weight excluding hydrogens is 2170 g/mol. The molecule has 12 rings (SSSR count). The zero-order valence-electron chi connectivity index (χ0n) is 39.3. The van der Waals surface area contributed by atoms with E-state index in [0.29, 0.717) is 59.2 Å². The second kappa shape index (κ2) is 22.8. The van der Waals surface area contributed by atoms with Gasteiger partial charge in [0, 0.05) is 111 Å². The van der Waals surface area contributed by atoms with Crippen molar-refractivity contribution in [3.63, 3.8) is 0 Å². The first-order valence-corrected chi connectivity index (χ1v) is 36.3. The highest BCUT2D eigenvalue weighted by molar-refractivity contribution is 9.17. The van der Waals surface area contributed by atoms with E-state index in [0.717, 1.165) is 9.80 Å². The molecule has 2 aromatic heterocycles. The minimum absolute atomic E-state index is 0.000354. The lowest BCUT2D eigenvalue weighted by atomic mass is 9.93. The number of anilines is 2. The van der Waals surface area contributed by atoms with Gasteiger partial charge in [0.2, 0.25) is 0 Å². The minimum atomic E-state index is -1.43. The van der Waals surface area contributed by atoms with Crippen LogP contribution in [-0.4, -0.2) is 56.1 Å². The van der Waals surface area contributed by atoms with Crippen LogP contribution in [0, 0.1) is 0 Å². The van der Waals surface area contributed by atoms with E-state index in [9.17, 15) is 19.5 Å². The Hall–Kier alpha value is -0.350. The van der Waals surface area contributed by atoms with Crippen LogP contribution < -0.4 is 9.80 Å². The number of benzene rings is 6. The summed E-state index contributed by atoms with van der Waals surface area (Å²) in [6.07, 6.45) is -1.72. The third-order valence-electron chi connectivity index (χ3n) is 14.4. The van der Waals surface area contributed by atoms with Crippen LogP contribution in [0.2, 0.25) is 10.0 Å². The van der Waals surface area contributed by atoms with Crippen molar-refractivity contribution >= 4 is 352 Å². The molecule has 0 fully saturated rings. The van der Waals surface area contributed by atoms with Gasteiger partial charge in [-0.3, -0.25) is 38.5 Å². The summed E-state index contributed by atoms with van der Waals surface area (Å²) in [6, 6.07) is 8.97.